The van der Waals surface area contributed by atoms with Gasteiger partial charge in [-0.15, -0.1) is 0 Å². The maximum atomic E-state index is 12.0. The lowest BCUT2D eigenvalue weighted by atomic mass is 10.1. The smallest absolute Gasteiger partial charge is 0.234 e. The van der Waals surface area contributed by atoms with Crippen molar-refractivity contribution in [3.63, 3.8) is 0 Å². The van der Waals surface area contributed by atoms with E-state index >= 15 is 0 Å². The number of likely N-dealkylation sites (tertiary alicyclic amines) is 1. The summed E-state index contributed by atoms with van der Waals surface area (Å²) in [7, 11) is 1.67. The zero-order valence-corrected chi connectivity index (χ0v) is 12.5. The molecular weight excluding hydrogens is 268 g/mol. The van der Waals surface area contributed by atoms with E-state index in [0.29, 0.717) is 19.7 Å². The van der Waals surface area contributed by atoms with Gasteiger partial charge in [-0.3, -0.25) is 9.69 Å². The largest absolute Gasteiger partial charge is 0.393 e. The fourth-order valence-corrected chi connectivity index (χ4v) is 2.56. The first kappa shape index (κ1) is 15.9. The Labute approximate surface area is 125 Å². The van der Waals surface area contributed by atoms with Crippen LogP contribution in [-0.2, 0) is 22.7 Å². The third kappa shape index (κ3) is 5.12. The van der Waals surface area contributed by atoms with Gasteiger partial charge in [-0.2, -0.15) is 0 Å². The summed E-state index contributed by atoms with van der Waals surface area (Å²) in [6, 6.07) is 7.95. The summed E-state index contributed by atoms with van der Waals surface area (Å²) in [5, 5.41) is 12.4. The summed E-state index contributed by atoms with van der Waals surface area (Å²) < 4.78 is 5.16. The first-order valence-corrected chi connectivity index (χ1v) is 7.42. The van der Waals surface area contributed by atoms with Crippen LogP contribution in [0.4, 0.5) is 0 Å². The van der Waals surface area contributed by atoms with E-state index in [-0.39, 0.29) is 12.0 Å². The number of aliphatic hydroxyl groups is 1. The van der Waals surface area contributed by atoms with Gasteiger partial charge in [-0.1, -0.05) is 24.3 Å². The Bertz CT molecular complexity index is 457. The number of carbonyl (C=O) groups excluding carboxylic acids is 1. The van der Waals surface area contributed by atoms with Crippen LogP contribution in [0, 0.1) is 0 Å². The van der Waals surface area contributed by atoms with E-state index in [4.69, 9.17) is 4.74 Å². The molecule has 116 valence electrons. The second kappa shape index (κ2) is 8.12. The molecule has 1 heterocycles. The van der Waals surface area contributed by atoms with Crippen molar-refractivity contribution in [2.75, 3.05) is 26.7 Å². The molecule has 1 fully saturated rings. The minimum atomic E-state index is -0.203. The average molecular weight is 292 g/mol. The summed E-state index contributed by atoms with van der Waals surface area (Å²) in [4.78, 5) is 14.1. The van der Waals surface area contributed by atoms with Gasteiger partial charge in [-0.25, -0.2) is 0 Å². The predicted octanol–water partition coefficient (Wildman–Crippen LogP) is 0.906. The highest BCUT2D eigenvalue weighted by molar-refractivity contribution is 5.78. The molecule has 1 amide bonds. The molecule has 0 bridgehead atoms. The van der Waals surface area contributed by atoms with Crippen molar-refractivity contribution in [2.45, 2.75) is 32.1 Å². The van der Waals surface area contributed by atoms with Gasteiger partial charge in [0.15, 0.2) is 0 Å². The zero-order chi connectivity index (χ0) is 15.1. The highest BCUT2D eigenvalue weighted by Crippen LogP contribution is 2.11. The number of ether oxygens (including phenoxy) is 1. The summed E-state index contributed by atoms with van der Waals surface area (Å²) in [5.74, 6) is 0.0265. The number of hydrogen-bond donors (Lipinski definition) is 2. The number of aliphatic hydroxyl groups excluding tert-OH is 1. The van der Waals surface area contributed by atoms with Crippen molar-refractivity contribution >= 4 is 5.91 Å². The molecule has 0 saturated carbocycles. The number of piperidine rings is 1. The molecule has 1 aromatic rings. The van der Waals surface area contributed by atoms with Gasteiger partial charge < -0.3 is 15.2 Å². The molecule has 2 rings (SSSR count). The van der Waals surface area contributed by atoms with Gasteiger partial charge in [0.2, 0.25) is 5.91 Å². The molecule has 1 aliphatic heterocycles. The lowest BCUT2D eigenvalue weighted by Crippen LogP contribution is -2.42. The highest BCUT2D eigenvalue weighted by atomic mass is 16.5. The standard InChI is InChI=1S/C16H24N2O3/c1-21-12-14-5-3-2-4-13(14)10-17-16(20)11-18-8-6-15(19)7-9-18/h2-5,15,19H,6-12H2,1H3,(H,17,20). The maximum Gasteiger partial charge on any atom is 0.234 e. The molecule has 0 aromatic heterocycles. The number of benzene rings is 1. The van der Waals surface area contributed by atoms with Crippen LogP contribution in [0.5, 0.6) is 0 Å². The Hall–Kier alpha value is -1.43. The monoisotopic (exact) mass is 292 g/mol. The van der Waals surface area contributed by atoms with Gasteiger partial charge in [0.25, 0.3) is 0 Å². The maximum absolute atomic E-state index is 12.0. The van der Waals surface area contributed by atoms with Gasteiger partial charge in [-0.05, 0) is 24.0 Å². The second-order valence-electron chi connectivity index (χ2n) is 5.49. The first-order chi connectivity index (χ1) is 10.2. The molecule has 1 aliphatic rings. The van der Waals surface area contributed by atoms with E-state index in [0.717, 1.165) is 37.1 Å². The van der Waals surface area contributed by atoms with Gasteiger partial charge in [0.05, 0.1) is 19.3 Å². The van der Waals surface area contributed by atoms with Crippen LogP contribution in [-0.4, -0.2) is 48.8 Å². The summed E-state index contributed by atoms with van der Waals surface area (Å²) >= 11 is 0. The molecule has 1 aromatic carbocycles. The molecular formula is C16H24N2O3. The Morgan fingerprint density at radius 2 is 2.00 bits per heavy atom. The van der Waals surface area contributed by atoms with Gasteiger partial charge in [0.1, 0.15) is 0 Å². The first-order valence-electron chi connectivity index (χ1n) is 7.42. The van der Waals surface area contributed by atoms with Crippen molar-refractivity contribution < 1.29 is 14.6 Å². The average Bonchev–Trinajstić information content (AvgIpc) is 2.49. The van der Waals surface area contributed by atoms with E-state index in [2.05, 4.69) is 10.2 Å². The van der Waals surface area contributed by atoms with Crippen molar-refractivity contribution in [3.05, 3.63) is 35.4 Å². The quantitative estimate of drug-likeness (QED) is 0.818. The Kier molecular flexibility index (Phi) is 6.17. The molecule has 21 heavy (non-hydrogen) atoms. The number of rotatable bonds is 6. The Morgan fingerprint density at radius 1 is 1.33 bits per heavy atom. The molecule has 0 unspecified atom stereocenters. The molecule has 0 aliphatic carbocycles. The molecule has 0 radical (unpaired) electrons. The van der Waals surface area contributed by atoms with Crippen molar-refractivity contribution in [3.8, 4) is 0 Å². The fourth-order valence-electron chi connectivity index (χ4n) is 2.56. The summed E-state index contributed by atoms with van der Waals surface area (Å²) in [6.45, 7) is 3.05. The van der Waals surface area contributed by atoms with Crippen LogP contribution in [0.3, 0.4) is 0 Å². The lowest BCUT2D eigenvalue weighted by molar-refractivity contribution is -0.123. The predicted molar refractivity (Wildman–Crippen MR) is 80.7 cm³/mol. The number of hydrogen-bond acceptors (Lipinski definition) is 4. The molecule has 1 saturated heterocycles. The fraction of sp³-hybridized carbons (Fsp3) is 0.562. The number of amides is 1. The van der Waals surface area contributed by atoms with Crippen LogP contribution in [0.2, 0.25) is 0 Å². The molecule has 0 atom stereocenters. The summed E-state index contributed by atoms with van der Waals surface area (Å²) in [6.07, 6.45) is 1.30. The van der Waals surface area contributed by atoms with E-state index in [1.165, 1.54) is 0 Å². The topological polar surface area (TPSA) is 61.8 Å². The zero-order valence-electron chi connectivity index (χ0n) is 12.5. The number of carbonyl (C=O) groups is 1. The molecule has 5 heteroatoms. The number of methoxy groups -OCH3 is 1. The minimum Gasteiger partial charge on any atom is -0.393 e. The SMILES string of the molecule is COCc1ccccc1CNC(=O)CN1CCC(O)CC1. The minimum absolute atomic E-state index is 0.0265. The summed E-state index contributed by atoms with van der Waals surface area (Å²) in [5.41, 5.74) is 2.18. The van der Waals surface area contributed by atoms with Crippen molar-refractivity contribution in [1.29, 1.82) is 0 Å². The van der Waals surface area contributed by atoms with Gasteiger partial charge in [0, 0.05) is 26.7 Å². The van der Waals surface area contributed by atoms with E-state index in [9.17, 15) is 9.90 Å². The third-order valence-corrected chi connectivity index (χ3v) is 3.82. The third-order valence-electron chi connectivity index (χ3n) is 3.82. The van der Waals surface area contributed by atoms with Crippen molar-refractivity contribution in [1.82, 2.24) is 10.2 Å². The lowest BCUT2D eigenvalue weighted by Gasteiger charge is -2.28. The van der Waals surface area contributed by atoms with E-state index < -0.39 is 0 Å². The van der Waals surface area contributed by atoms with Gasteiger partial charge >= 0.3 is 0 Å². The van der Waals surface area contributed by atoms with E-state index in [1.807, 2.05) is 24.3 Å². The number of nitrogens with one attached hydrogen (secondary N) is 1. The number of nitrogens with zero attached hydrogens (tertiary/aromatic N) is 1. The molecule has 0 spiro atoms. The molecule has 5 nitrogen and oxygen atoms in total. The normalized spacial score (nSPS) is 16.9. The van der Waals surface area contributed by atoms with Crippen LogP contribution in [0.25, 0.3) is 0 Å². The van der Waals surface area contributed by atoms with Crippen LogP contribution in [0.15, 0.2) is 24.3 Å². The highest BCUT2D eigenvalue weighted by Gasteiger charge is 2.18. The Morgan fingerprint density at radius 3 is 2.67 bits per heavy atom. The van der Waals surface area contributed by atoms with Crippen LogP contribution >= 0.6 is 0 Å². The second-order valence-corrected chi connectivity index (χ2v) is 5.49. The Balaban J connectivity index is 1.78. The van der Waals surface area contributed by atoms with E-state index in [1.54, 1.807) is 7.11 Å². The van der Waals surface area contributed by atoms with Crippen molar-refractivity contribution in [2.24, 2.45) is 0 Å². The molecule has 2 N–H and O–H groups in total. The van der Waals surface area contributed by atoms with Crippen LogP contribution in [0.1, 0.15) is 24.0 Å². The van der Waals surface area contributed by atoms with Crippen LogP contribution < -0.4 is 5.32 Å².